The molecule has 0 aliphatic heterocycles. The molecular formula is C18H34N6O. The van der Waals surface area contributed by atoms with E-state index < -0.39 is 0 Å². The van der Waals surface area contributed by atoms with Crippen LogP contribution < -0.4 is 5.32 Å². The van der Waals surface area contributed by atoms with Crippen molar-refractivity contribution in [2.24, 2.45) is 4.99 Å². The number of amides is 1. The van der Waals surface area contributed by atoms with Gasteiger partial charge in [0, 0.05) is 45.5 Å². The van der Waals surface area contributed by atoms with Gasteiger partial charge in [0.15, 0.2) is 5.96 Å². The molecule has 0 aliphatic carbocycles. The van der Waals surface area contributed by atoms with E-state index in [-0.39, 0.29) is 5.91 Å². The molecule has 0 aromatic carbocycles. The van der Waals surface area contributed by atoms with Crippen molar-refractivity contribution in [3.63, 3.8) is 0 Å². The van der Waals surface area contributed by atoms with Gasteiger partial charge in [0.25, 0.3) is 0 Å². The van der Waals surface area contributed by atoms with E-state index in [1.807, 2.05) is 49.2 Å². The van der Waals surface area contributed by atoms with E-state index in [1.54, 1.807) is 0 Å². The van der Waals surface area contributed by atoms with Gasteiger partial charge in [-0.1, -0.05) is 0 Å². The Morgan fingerprint density at radius 1 is 1.28 bits per heavy atom. The minimum Gasteiger partial charge on any atom is -0.357 e. The Kier molecular flexibility index (Phi) is 9.02. The quantitative estimate of drug-likeness (QED) is 0.418. The highest BCUT2D eigenvalue weighted by Gasteiger charge is 2.14. The lowest BCUT2D eigenvalue weighted by Gasteiger charge is -2.25. The topological polar surface area (TPSA) is 65.8 Å². The van der Waals surface area contributed by atoms with E-state index in [2.05, 4.69) is 28.4 Å². The number of nitrogens with zero attached hydrogens (tertiary/aromatic N) is 5. The highest BCUT2D eigenvalue weighted by Crippen LogP contribution is 2.03. The number of likely N-dealkylation sites (N-methyl/N-ethyl adjacent to an activating group) is 2. The van der Waals surface area contributed by atoms with Gasteiger partial charge < -0.3 is 15.1 Å². The lowest BCUT2D eigenvalue weighted by Crippen LogP contribution is -2.45. The first kappa shape index (κ1) is 21.0. The number of carbonyl (C=O) groups is 1. The highest BCUT2D eigenvalue weighted by molar-refractivity contribution is 5.86. The molecule has 0 aliphatic rings. The van der Waals surface area contributed by atoms with Crippen LogP contribution in [0.15, 0.2) is 11.1 Å². The van der Waals surface area contributed by atoms with Crippen LogP contribution in [0.2, 0.25) is 0 Å². The number of guanidine groups is 1. The molecule has 0 fully saturated rings. The van der Waals surface area contributed by atoms with E-state index in [0.29, 0.717) is 13.1 Å². The number of aryl methyl sites for hydroxylation is 3. The van der Waals surface area contributed by atoms with Crippen LogP contribution in [0.5, 0.6) is 0 Å². The van der Waals surface area contributed by atoms with Crippen LogP contribution >= 0.6 is 0 Å². The number of aromatic nitrogens is 2. The Morgan fingerprint density at radius 3 is 2.48 bits per heavy atom. The molecule has 0 atom stereocenters. The molecule has 1 heterocycles. The average Bonchev–Trinajstić information content (AvgIpc) is 2.89. The number of carbonyl (C=O) groups excluding carboxylic acids is 1. The summed E-state index contributed by atoms with van der Waals surface area (Å²) in [6, 6.07) is 2.08. The van der Waals surface area contributed by atoms with Gasteiger partial charge in [-0.2, -0.15) is 5.10 Å². The SMILES string of the molecule is CCNC(=NCCCn1nc(C)cc1C)N(C)CC(=O)N(CC)CC. The Balaban J connectivity index is 2.57. The maximum Gasteiger partial charge on any atom is 0.242 e. The third-order valence-corrected chi connectivity index (χ3v) is 4.08. The van der Waals surface area contributed by atoms with E-state index in [1.165, 1.54) is 5.69 Å². The molecular weight excluding hydrogens is 316 g/mol. The van der Waals surface area contributed by atoms with Gasteiger partial charge in [-0.25, -0.2) is 0 Å². The van der Waals surface area contributed by atoms with Gasteiger partial charge >= 0.3 is 0 Å². The maximum atomic E-state index is 12.3. The Morgan fingerprint density at radius 2 is 1.96 bits per heavy atom. The second-order valence-corrected chi connectivity index (χ2v) is 6.16. The largest absolute Gasteiger partial charge is 0.357 e. The third kappa shape index (κ3) is 6.76. The number of hydrogen-bond acceptors (Lipinski definition) is 3. The molecule has 0 spiro atoms. The zero-order valence-electron chi connectivity index (χ0n) is 16.7. The van der Waals surface area contributed by atoms with E-state index in [4.69, 9.17) is 0 Å². The van der Waals surface area contributed by atoms with Crippen LogP contribution in [-0.2, 0) is 11.3 Å². The van der Waals surface area contributed by atoms with E-state index >= 15 is 0 Å². The maximum absolute atomic E-state index is 12.3. The molecule has 0 saturated carbocycles. The molecule has 1 amide bonds. The lowest BCUT2D eigenvalue weighted by molar-refractivity contribution is -0.131. The zero-order chi connectivity index (χ0) is 18.8. The summed E-state index contributed by atoms with van der Waals surface area (Å²) in [4.78, 5) is 20.7. The molecule has 0 radical (unpaired) electrons. The number of nitrogens with one attached hydrogen (secondary N) is 1. The predicted octanol–water partition coefficient (Wildman–Crippen LogP) is 1.66. The highest BCUT2D eigenvalue weighted by atomic mass is 16.2. The van der Waals surface area contributed by atoms with Crippen molar-refractivity contribution in [3.8, 4) is 0 Å². The smallest absolute Gasteiger partial charge is 0.242 e. The summed E-state index contributed by atoms with van der Waals surface area (Å²) in [6.07, 6.45) is 0.911. The first-order chi connectivity index (χ1) is 11.9. The molecule has 7 nitrogen and oxygen atoms in total. The Hall–Kier alpha value is -2.05. The molecule has 1 N–H and O–H groups in total. The fourth-order valence-corrected chi connectivity index (χ4v) is 2.73. The summed E-state index contributed by atoms with van der Waals surface area (Å²) in [7, 11) is 1.91. The van der Waals surface area contributed by atoms with Crippen molar-refractivity contribution in [2.45, 2.75) is 47.6 Å². The molecule has 0 unspecified atom stereocenters. The van der Waals surface area contributed by atoms with Crippen LogP contribution in [-0.4, -0.2) is 71.2 Å². The monoisotopic (exact) mass is 350 g/mol. The zero-order valence-corrected chi connectivity index (χ0v) is 16.7. The van der Waals surface area contributed by atoms with Gasteiger partial charge in [-0.05, 0) is 47.1 Å². The number of hydrogen-bond donors (Lipinski definition) is 1. The summed E-state index contributed by atoms with van der Waals surface area (Å²) in [6.45, 7) is 14.2. The van der Waals surface area contributed by atoms with Gasteiger partial charge in [0.2, 0.25) is 5.91 Å². The van der Waals surface area contributed by atoms with Crippen molar-refractivity contribution >= 4 is 11.9 Å². The summed E-state index contributed by atoms with van der Waals surface area (Å²) >= 11 is 0. The van der Waals surface area contributed by atoms with Crippen LogP contribution in [0.3, 0.4) is 0 Å². The minimum absolute atomic E-state index is 0.126. The molecule has 0 bridgehead atoms. The van der Waals surface area contributed by atoms with Crippen LogP contribution in [0.1, 0.15) is 38.6 Å². The summed E-state index contributed by atoms with van der Waals surface area (Å²) in [5.41, 5.74) is 2.22. The second kappa shape index (κ2) is 10.7. The fraction of sp³-hybridized carbons (Fsp3) is 0.722. The normalized spacial score (nSPS) is 11.5. The van der Waals surface area contributed by atoms with Gasteiger partial charge in [-0.15, -0.1) is 0 Å². The van der Waals surface area contributed by atoms with E-state index in [9.17, 15) is 4.79 Å². The second-order valence-electron chi connectivity index (χ2n) is 6.16. The van der Waals surface area contributed by atoms with Crippen molar-refractivity contribution in [1.29, 1.82) is 0 Å². The van der Waals surface area contributed by atoms with Gasteiger partial charge in [-0.3, -0.25) is 14.5 Å². The molecule has 142 valence electrons. The predicted molar refractivity (Wildman–Crippen MR) is 103 cm³/mol. The minimum atomic E-state index is 0.126. The first-order valence-electron chi connectivity index (χ1n) is 9.21. The first-order valence-corrected chi connectivity index (χ1v) is 9.21. The summed E-state index contributed by atoms with van der Waals surface area (Å²) in [5.74, 6) is 0.900. The van der Waals surface area contributed by atoms with Gasteiger partial charge in [0.1, 0.15) is 0 Å². The van der Waals surface area contributed by atoms with Crippen molar-refractivity contribution in [1.82, 2.24) is 24.9 Å². The van der Waals surface area contributed by atoms with E-state index in [0.717, 1.165) is 44.3 Å². The van der Waals surface area contributed by atoms with Crippen molar-refractivity contribution in [2.75, 3.05) is 39.8 Å². The summed E-state index contributed by atoms with van der Waals surface area (Å²) in [5, 5.41) is 7.73. The van der Waals surface area contributed by atoms with Crippen LogP contribution in [0, 0.1) is 13.8 Å². The molecule has 7 heteroatoms. The molecule has 1 aromatic heterocycles. The molecule has 0 saturated heterocycles. The third-order valence-electron chi connectivity index (χ3n) is 4.08. The van der Waals surface area contributed by atoms with Crippen molar-refractivity contribution in [3.05, 3.63) is 17.5 Å². The van der Waals surface area contributed by atoms with Crippen LogP contribution in [0.4, 0.5) is 0 Å². The Bertz CT molecular complexity index is 562. The van der Waals surface area contributed by atoms with Crippen LogP contribution in [0.25, 0.3) is 0 Å². The average molecular weight is 351 g/mol. The van der Waals surface area contributed by atoms with Gasteiger partial charge in [0.05, 0.1) is 12.2 Å². The molecule has 1 rings (SSSR count). The lowest BCUT2D eigenvalue weighted by atomic mass is 10.4. The Labute approximate surface area is 152 Å². The standard InChI is InChI=1S/C18H34N6O/c1-7-19-18(22(6)14-17(25)23(8-2)9-3)20-11-10-12-24-16(5)13-15(4)21-24/h13H,7-12,14H2,1-6H3,(H,19,20). The number of rotatable bonds is 9. The molecule has 1 aromatic rings. The van der Waals surface area contributed by atoms with Crippen molar-refractivity contribution < 1.29 is 4.79 Å². The fourth-order valence-electron chi connectivity index (χ4n) is 2.73. The number of aliphatic imine (C=N–C) groups is 1. The summed E-state index contributed by atoms with van der Waals surface area (Å²) < 4.78 is 2.02. The molecule has 25 heavy (non-hydrogen) atoms.